The minimum absolute atomic E-state index is 0.122. The maximum atomic E-state index is 11.9. The largest absolute Gasteiger partial charge is 0.488 e. The number of alkyl carbamates (subject to hydrolysis) is 1. The standard InChI is InChI=1S/C21H36N2O3/c1-15(2)23-17(14-22-19(24)26-21(6,7)8)13-16-9-11-18(12-10-16)25-20(3,4)5/h9-12,15,17,23H,13-14H2,1-8H3,(H,22,24)/t17-/m1/s1. The second kappa shape index (κ2) is 9.26. The number of carbonyl (C=O) groups excluding carboxylic acids is 1. The van der Waals surface area contributed by atoms with E-state index in [4.69, 9.17) is 9.47 Å². The fourth-order valence-electron chi connectivity index (χ4n) is 2.51. The lowest BCUT2D eigenvalue weighted by atomic mass is 10.0. The Bertz CT molecular complexity index is 554. The summed E-state index contributed by atoms with van der Waals surface area (Å²) in [6.07, 6.45) is 0.422. The first kappa shape index (κ1) is 22.3. The van der Waals surface area contributed by atoms with Gasteiger partial charge in [-0.3, -0.25) is 0 Å². The van der Waals surface area contributed by atoms with Crippen molar-refractivity contribution in [3.63, 3.8) is 0 Å². The van der Waals surface area contributed by atoms with Crippen molar-refractivity contribution in [2.45, 2.75) is 85.1 Å². The zero-order valence-corrected chi connectivity index (χ0v) is 17.6. The lowest BCUT2D eigenvalue weighted by Gasteiger charge is -2.24. The summed E-state index contributed by atoms with van der Waals surface area (Å²) in [5.41, 5.74) is 0.490. The topological polar surface area (TPSA) is 59.6 Å². The quantitative estimate of drug-likeness (QED) is 0.757. The van der Waals surface area contributed by atoms with Crippen LogP contribution >= 0.6 is 0 Å². The summed E-state index contributed by atoms with van der Waals surface area (Å²) in [5, 5.41) is 6.36. The van der Waals surface area contributed by atoms with Crippen LogP contribution in [0, 0.1) is 0 Å². The molecule has 1 rings (SSSR count). The maximum absolute atomic E-state index is 11.9. The Morgan fingerprint density at radius 1 is 1.00 bits per heavy atom. The molecular formula is C21H36N2O3. The third-order valence-corrected chi connectivity index (χ3v) is 3.29. The van der Waals surface area contributed by atoms with Crippen molar-refractivity contribution in [3.05, 3.63) is 29.8 Å². The number of carbonyl (C=O) groups is 1. The first-order valence-corrected chi connectivity index (χ1v) is 9.35. The summed E-state index contributed by atoms with van der Waals surface area (Å²) in [6.45, 7) is 16.4. The Balaban J connectivity index is 2.65. The molecule has 148 valence electrons. The van der Waals surface area contributed by atoms with Gasteiger partial charge < -0.3 is 20.1 Å². The number of rotatable bonds is 7. The van der Waals surface area contributed by atoms with E-state index in [1.165, 1.54) is 5.56 Å². The number of hydrogen-bond donors (Lipinski definition) is 2. The molecule has 0 radical (unpaired) electrons. The van der Waals surface area contributed by atoms with Crippen LogP contribution in [0.25, 0.3) is 0 Å². The van der Waals surface area contributed by atoms with Gasteiger partial charge in [0.25, 0.3) is 0 Å². The van der Waals surface area contributed by atoms with Gasteiger partial charge in [0.1, 0.15) is 17.0 Å². The van der Waals surface area contributed by atoms with Gasteiger partial charge in [-0.15, -0.1) is 0 Å². The summed E-state index contributed by atoms with van der Waals surface area (Å²) in [4.78, 5) is 11.9. The van der Waals surface area contributed by atoms with Crippen LogP contribution in [0.5, 0.6) is 5.75 Å². The van der Waals surface area contributed by atoms with Crippen molar-refractivity contribution in [2.75, 3.05) is 6.54 Å². The average Bonchev–Trinajstić information content (AvgIpc) is 2.43. The van der Waals surface area contributed by atoms with E-state index in [0.717, 1.165) is 12.2 Å². The Hall–Kier alpha value is -1.75. The molecule has 1 atom stereocenters. The molecule has 0 fully saturated rings. The molecule has 0 spiro atoms. The second-order valence-corrected chi connectivity index (χ2v) is 8.96. The van der Waals surface area contributed by atoms with Crippen LogP contribution in [-0.4, -0.2) is 35.9 Å². The van der Waals surface area contributed by atoms with Crippen LogP contribution < -0.4 is 15.4 Å². The van der Waals surface area contributed by atoms with Gasteiger partial charge in [0, 0.05) is 18.6 Å². The molecule has 0 saturated heterocycles. The van der Waals surface area contributed by atoms with Crippen molar-refractivity contribution >= 4 is 6.09 Å². The Labute approximate surface area is 158 Å². The third kappa shape index (κ3) is 10.3. The Morgan fingerprint density at radius 2 is 1.58 bits per heavy atom. The Kier molecular flexibility index (Phi) is 7.94. The smallest absolute Gasteiger partial charge is 0.407 e. The van der Waals surface area contributed by atoms with E-state index in [0.29, 0.717) is 12.6 Å². The van der Waals surface area contributed by atoms with Gasteiger partial charge in [0.2, 0.25) is 0 Å². The molecule has 1 aromatic carbocycles. The first-order chi connectivity index (χ1) is 11.8. The fourth-order valence-corrected chi connectivity index (χ4v) is 2.51. The molecule has 0 aromatic heterocycles. The minimum Gasteiger partial charge on any atom is -0.488 e. The van der Waals surface area contributed by atoms with Crippen LogP contribution in [0.2, 0.25) is 0 Å². The van der Waals surface area contributed by atoms with E-state index < -0.39 is 5.60 Å². The molecule has 1 amide bonds. The lowest BCUT2D eigenvalue weighted by molar-refractivity contribution is 0.0521. The maximum Gasteiger partial charge on any atom is 0.407 e. The van der Waals surface area contributed by atoms with Gasteiger partial charge in [-0.1, -0.05) is 26.0 Å². The van der Waals surface area contributed by atoms with E-state index in [2.05, 4.69) is 36.6 Å². The predicted octanol–water partition coefficient (Wildman–Crippen LogP) is 4.30. The van der Waals surface area contributed by atoms with E-state index >= 15 is 0 Å². The van der Waals surface area contributed by atoms with Gasteiger partial charge in [-0.05, 0) is 65.7 Å². The first-order valence-electron chi connectivity index (χ1n) is 9.35. The zero-order chi connectivity index (χ0) is 20.0. The molecule has 0 bridgehead atoms. The van der Waals surface area contributed by atoms with Gasteiger partial charge in [0.05, 0.1) is 0 Å². The summed E-state index contributed by atoms with van der Waals surface area (Å²) < 4.78 is 11.2. The van der Waals surface area contributed by atoms with Crippen molar-refractivity contribution < 1.29 is 14.3 Å². The predicted molar refractivity (Wildman–Crippen MR) is 107 cm³/mol. The zero-order valence-electron chi connectivity index (χ0n) is 17.6. The van der Waals surface area contributed by atoms with Crippen molar-refractivity contribution in [1.82, 2.24) is 10.6 Å². The highest BCUT2D eigenvalue weighted by Gasteiger charge is 2.18. The molecule has 0 aliphatic carbocycles. The van der Waals surface area contributed by atoms with Crippen LogP contribution in [0.4, 0.5) is 4.79 Å². The molecule has 0 aliphatic rings. The molecule has 5 heteroatoms. The van der Waals surface area contributed by atoms with Gasteiger partial charge in [-0.2, -0.15) is 0 Å². The van der Waals surface area contributed by atoms with Crippen molar-refractivity contribution in [1.29, 1.82) is 0 Å². The molecule has 0 saturated carbocycles. The highest BCUT2D eigenvalue weighted by atomic mass is 16.6. The Morgan fingerprint density at radius 3 is 2.04 bits per heavy atom. The average molecular weight is 365 g/mol. The van der Waals surface area contributed by atoms with Crippen LogP contribution in [0.15, 0.2) is 24.3 Å². The number of nitrogens with one attached hydrogen (secondary N) is 2. The van der Waals surface area contributed by atoms with Gasteiger partial charge in [-0.25, -0.2) is 4.79 Å². The molecule has 0 heterocycles. The monoisotopic (exact) mass is 364 g/mol. The van der Waals surface area contributed by atoms with Crippen molar-refractivity contribution in [2.24, 2.45) is 0 Å². The fraction of sp³-hybridized carbons (Fsp3) is 0.667. The summed E-state index contributed by atoms with van der Waals surface area (Å²) >= 11 is 0. The summed E-state index contributed by atoms with van der Waals surface area (Å²) in [6, 6.07) is 8.58. The molecule has 0 unspecified atom stereocenters. The van der Waals surface area contributed by atoms with E-state index in [1.807, 2.05) is 53.7 Å². The number of hydrogen-bond acceptors (Lipinski definition) is 4. The number of ether oxygens (including phenoxy) is 2. The van der Waals surface area contributed by atoms with E-state index in [9.17, 15) is 4.79 Å². The number of benzene rings is 1. The van der Waals surface area contributed by atoms with Gasteiger partial charge in [0.15, 0.2) is 0 Å². The van der Waals surface area contributed by atoms with Crippen LogP contribution in [0.3, 0.4) is 0 Å². The number of amides is 1. The normalized spacial score (nSPS) is 13.4. The summed E-state index contributed by atoms with van der Waals surface area (Å²) in [7, 11) is 0. The van der Waals surface area contributed by atoms with Crippen LogP contribution in [-0.2, 0) is 11.2 Å². The van der Waals surface area contributed by atoms with E-state index in [-0.39, 0.29) is 17.7 Å². The highest BCUT2D eigenvalue weighted by molar-refractivity contribution is 5.67. The molecule has 26 heavy (non-hydrogen) atoms. The van der Waals surface area contributed by atoms with Crippen LogP contribution in [0.1, 0.15) is 61.0 Å². The SMILES string of the molecule is CC(C)N[C@@H](CNC(=O)OC(C)(C)C)Cc1ccc(OC(C)(C)C)cc1. The molecule has 5 nitrogen and oxygen atoms in total. The van der Waals surface area contributed by atoms with Crippen molar-refractivity contribution in [3.8, 4) is 5.75 Å². The second-order valence-electron chi connectivity index (χ2n) is 8.96. The molecular weight excluding hydrogens is 328 g/mol. The summed E-state index contributed by atoms with van der Waals surface area (Å²) in [5.74, 6) is 0.862. The molecule has 1 aromatic rings. The van der Waals surface area contributed by atoms with Gasteiger partial charge >= 0.3 is 6.09 Å². The molecule has 2 N–H and O–H groups in total. The van der Waals surface area contributed by atoms with E-state index in [1.54, 1.807) is 0 Å². The highest BCUT2D eigenvalue weighted by Crippen LogP contribution is 2.19. The lowest BCUT2D eigenvalue weighted by Crippen LogP contribution is -2.46. The third-order valence-electron chi connectivity index (χ3n) is 3.29. The minimum atomic E-state index is -0.492. The molecule has 0 aliphatic heterocycles.